The lowest BCUT2D eigenvalue weighted by molar-refractivity contribution is 0.209. The van der Waals surface area contributed by atoms with Crippen molar-refractivity contribution in [3.63, 3.8) is 0 Å². The van der Waals surface area contributed by atoms with Crippen LogP contribution < -0.4 is 5.32 Å². The summed E-state index contributed by atoms with van der Waals surface area (Å²) in [6.07, 6.45) is 1.89. The Morgan fingerprint density at radius 2 is 1.77 bits per heavy atom. The second-order valence-electron chi connectivity index (χ2n) is 9.07. The molecule has 4 aromatic rings. The molecule has 0 spiro atoms. The minimum Gasteiger partial charge on any atom is -0.460 e. The predicted octanol–water partition coefficient (Wildman–Crippen LogP) is 6.54. The van der Waals surface area contributed by atoms with E-state index in [1.165, 1.54) is 11.6 Å². The summed E-state index contributed by atoms with van der Waals surface area (Å²) < 4.78 is 19.7. The van der Waals surface area contributed by atoms with Crippen LogP contribution in [0.25, 0.3) is 22.1 Å². The molecule has 0 unspecified atom stereocenters. The Morgan fingerprint density at radius 3 is 2.57 bits per heavy atom. The molecule has 1 aliphatic rings. The number of carbonyl (C=O) groups excluding carboxylic acids is 1. The summed E-state index contributed by atoms with van der Waals surface area (Å²) in [6, 6.07) is 22.6. The molecule has 1 fully saturated rings. The average Bonchev–Trinajstić information content (AvgIpc) is 3.12. The van der Waals surface area contributed by atoms with Crippen molar-refractivity contribution in [2.45, 2.75) is 26.3 Å². The smallest absolute Gasteiger partial charge is 0.321 e. The molecule has 0 radical (unpaired) electrons. The highest BCUT2D eigenvalue weighted by Gasteiger charge is 2.20. The van der Waals surface area contributed by atoms with Crippen LogP contribution in [0.1, 0.15) is 24.7 Å². The molecule has 5 nitrogen and oxygen atoms in total. The Morgan fingerprint density at radius 1 is 0.943 bits per heavy atom. The second-order valence-corrected chi connectivity index (χ2v) is 9.07. The standard InChI is InChI=1S/C29H30FN3O2/c1-2-21-7-10-26(11-8-21)31-29(34)33-14-4-13-32(15-16-33)20-27-19-24-17-23(9-12-28(24)35-27)22-5-3-6-25(30)18-22/h3,5-12,17-19H,2,4,13-16,20H2,1H3,(H,31,34). The van der Waals surface area contributed by atoms with Crippen molar-refractivity contribution in [1.29, 1.82) is 0 Å². The number of nitrogens with zero attached hydrogens (tertiary/aromatic N) is 2. The normalized spacial score (nSPS) is 14.7. The molecule has 35 heavy (non-hydrogen) atoms. The van der Waals surface area contributed by atoms with Gasteiger partial charge in [0.05, 0.1) is 6.54 Å². The van der Waals surface area contributed by atoms with Crippen LogP contribution in [0.15, 0.2) is 77.2 Å². The van der Waals surface area contributed by atoms with Gasteiger partial charge in [0.1, 0.15) is 17.2 Å². The van der Waals surface area contributed by atoms with Crippen LogP contribution in [0.4, 0.5) is 14.9 Å². The number of amides is 2. The number of halogens is 1. The number of furan rings is 1. The molecule has 5 rings (SSSR count). The zero-order valence-electron chi connectivity index (χ0n) is 20.0. The lowest BCUT2D eigenvalue weighted by atomic mass is 10.0. The molecule has 2 amide bonds. The quantitative estimate of drug-likeness (QED) is 0.359. The number of nitrogens with one attached hydrogen (secondary N) is 1. The molecule has 0 atom stereocenters. The van der Waals surface area contributed by atoms with Gasteiger partial charge in [-0.15, -0.1) is 0 Å². The van der Waals surface area contributed by atoms with Crippen LogP contribution in [0, 0.1) is 5.82 Å². The van der Waals surface area contributed by atoms with Crippen molar-refractivity contribution in [3.05, 3.63) is 89.9 Å². The Hall–Kier alpha value is -3.64. The van der Waals surface area contributed by atoms with Crippen molar-refractivity contribution >= 4 is 22.7 Å². The molecule has 0 saturated carbocycles. The largest absolute Gasteiger partial charge is 0.460 e. The lowest BCUT2D eigenvalue weighted by Crippen LogP contribution is -2.38. The minimum absolute atomic E-state index is 0.0512. The van der Waals surface area contributed by atoms with Gasteiger partial charge >= 0.3 is 6.03 Å². The van der Waals surface area contributed by atoms with Crippen molar-refractivity contribution in [2.24, 2.45) is 0 Å². The summed E-state index contributed by atoms with van der Waals surface area (Å²) in [6.45, 7) is 5.90. The van der Waals surface area contributed by atoms with Crippen LogP contribution in [0.5, 0.6) is 0 Å². The molecule has 180 valence electrons. The molecule has 0 aliphatic carbocycles. The summed E-state index contributed by atoms with van der Waals surface area (Å²) >= 11 is 0. The Balaban J connectivity index is 1.20. The molecular formula is C29H30FN3O2. The highest BCUT2D eigenvalue weighted by Crippen LogP contribution is 2.28. The molecular weight excluding hydrogens is 441 g/mol. The van der Waals surface area contributed by atoms with E-state index in [1.807, 2.05) is 53.4 Å². The minimum atomic E-state index is -0.242. The number of rotatable bonds is 5. The third-order valence-electron chi connectivity index (χ3n) is 6.59. The van der Waals surface area contributed by atoms with E-state index in [0.717, 1.165) is 66.0 Å². The molecule has 6 heteroatoms. The number of fused-ring (bicyclic) bond motifs is 1. The van der Waals surface area contributed by atoms with Gasteiger partial charge in [-0.2, -0.15) is 0 Å². The Labute approximate surface area is 205 Å². The molecule has 1 saturated heterocycles. The first-order chi connectivity index (χ1) is 17.1. The molecule has 1 N–H and O–H groups in total. The van der Waals surface area contributed by atoms with Gasteiger partial charge in [0.2, 0.25) is 0 Å². The van der Waals surface area contributed by atoms with Gasteiger partial charge in [0.15, 0.2) is 0 Å². The summed E-state index contributed by atoms with van der Waals surface area (Å²) in [4.78, 5) is 17.0. The summed E-state index contributed by atoms with van der Waals surface area (Å²) in [7, 11) is 0. The fraction of sp³-hybridized carbons (Fsp3) is 0.276. The third-order valence-corrected chi connectivity index (χ3v) is 6.59. The molecule has 0 bridgehead atoms. The van der Waals surface area contributed by atoms with E-state index >= 15 is 0 Å². The zero-order chi connectivity index (χ0) is 24.2. The SMILES string of the molecule is CCc1ccc(NC(=O)N2CCCN(Cc3cc4cc(-c5cccc(F)c5)ccc4o3)CC2)cc1. The van der Waals surface area contributed by atoms with Gasteiger partial charge in [0, 0.05) is 37.3 Å². The first kappa shape index (κ1) is 23.1. The fourth-order valence-electron chi connectivity index (χ4n) is 4.60. The maximum absolute atomic E-state index is 13.6. The number of benzene rings is 3. The first-order valence-corrected chi connectivity index (χ1v) is 12.2. The van der Waals surface area contributed by atoms with Crippen molar-refractivity contribution in [3.8, 4) is 11.1 Å². The van der Waals surface area contributed by atoms with E-state index < -0.39 is 0 Å². The summed E-state index contributed by atoms with van der Waals surface area (Å²) in [5, 5.41) is 4.03. The van der Waals surface area contributed by atoms with E-state index in [0.29, 0.717) is 13.1 Å². The lowest BCUT2D eigenvalue weighted by Gasteiger charge is -2.22. The molecule has 1 aliphatic heterocycles. The highest BCUT2D eigenvalue weighted by molar-refractivity contribution is 5.89. The van der Waals surface area contributed by atoms with Crippen LogP contribution in [0.2, 0.25) is 0 Å². The number of aryl methyl sites for hydroxylation is 1. The van der Waals surface area contributed by atoms with Gasteiger partial charge in [-0.05, 0) is 72.0 Å². The Bertz CT molecular complexity index is 1320. The second kappa shape index (κ2) is 10.3. The Kier molecular flexibility index (Phi) is 6.82. The first-order valence-electron chi connectivity index (χ1n) is 12.2. The predicted molar refractivity (Wildman–Crippen MR) is 138 cm³/mol. The average molecular weight is 472 g/mol. The van der Waals surface area contributed by atoms with Gasteiger partial charge in [-0.1, -0.05) is 37.3 Å². The number of hydrogen-bond donors (Lipinski definition) is 1. The molecule has 1 aromatic heterocycles. The molecule has 3 aromatic carbocycles. The van der Waals surface area contributed by atoms with E-state index in [4.69, 9.17) is 4.42 Å². The molecule has 2 heterocycles. The number of hydrogen-bond acceptors (Lipinski definition) is 3. The number of anilines is 1. The van der Waals surface area contributed by atoms with Crippen LogP contribution >= 0.6 is 0 Å². The van der Waals surface area contributed by atoms with Gasteiger partial charge in [0.25, 0.3) is 0 Å². The van der Waals surface area contributed by atoms with E-state index in [1.54, 1.807) is 12.1 Å². The van der Waals surface area contributed by atoms with Crippen LogP contribution in [-0.2, 0) is 13.0 Å². The van der Waals surface area contributed by atoms with Crippen molar-refractivity contribution < 1.29 is 13.6 Å². The van der Waals surface area contributed by atoms with Gasteiger partial charge in [-0.25, -0.2) is 9.18 Å². The van der Waals surface area contributed by atoms with Crippen LogP contribution in [-0.4, -0.2) is 42.0 Å². The summed E-state index contributed by atoms with van der Waals surface area (Å²) in [5.41, 5.74) is 4.72. The van der Waals surface area contributed by atoms with Crippen molar-refractivity contribution in [1.82, 2.24) is 9.80 Å². The van der Waals surface area contributed by atoms with Crippen LogP contribution in [0.3, 0.4) is 0 Å². The third kappa shape index (κ3) is 5.54. The summed E-state index contributed by atoms with van der Waals surface area (Å²) in [5.74, 6) is 0.652. The topological polar surface area (TPSA) is 48.7 Å². The van der Waals surface area contributed by atoms with Gasteiger partial charge < -0.3 is 14.6 Å². The zero-order valence-corrected chi connectivity index (χ0v) is 20.0. The highest BCUT2D eigenvalue weighted by atomic mass is 19.1. The van der Waals surface area contributed by atoms with Crippen molar-refractivity contribution in [2.75, 3.05) is 31.5 Å². The maximum atomic E-state index is 13.6. The monoisotopic (exact) mass is 471 g/mol. The van der Waals surface area contributed by atoms with E-state index in [-0.39, 0.29) is 11.8 Å². The fourth-order valence-corrected chi connectivity index (χ4v) is 4.60. The van der Waals surface area contributed by atoms with E-state index in [9.17, 15) is 9.18 Å². The number of urea groups is 1. The number of carbonyl (C=O) groups is 1. The van der Waals surface area contributed by atoms with E-state index in [2.05, 4.69) is 23.2 Å². The maximum Gasteiger partial charge on any atom is 0.321 e. The van der Waals surface area contributed by atoms with Gasteiger partial charge in [-0.3, -0.25) is 4.90 Å².